The van der Waals surface area contributed by atoms with Crippen LogP contribution >= 0.6 is 0 Å². The lowest BCUT2D eigenvalue weighted by Crippen LogP contribution is -2.31. The lowest BCUT2D eigenvalue weighted by atomic mass is 9.85. The average molecular weight is 326 g/mol. The SMILES string of the molecule is CC(C)(CC(=O)[O-])CC(=O)Nc1ccccc1Oc1ccccc1. The number of nitrogens with one attached hydrogen (secondary N) is 1. The number of carboxylic acids is 1. The molecule has 0 bridgehead atoms. The van der Waals surface area contributed by atoms with Crippen LogP contribution in [0.25, 0.3) is 0 Å². The molecule has 1 amide bonds. The van der Waals surface area contributed by atoms with Crippen LogP contribution in [0, 0.1) is 5.41 Å². The molecule has 2 aromatic rings. The Morgan fingerprint density at radius 1 is 1.00 bits per heavy atom. The molecule has 0 saturated carbocycles. The van der Waals surface area contributed by atoms with Gasteiger partial charge in [-0.2, -0.15) is 0 Å². The molecule has 0 saturated heterocycles. The normalized spacial score (nSPS) is 10.9. The second-order valence-electron chi connectivity index (χ2n) is 6.35. The molecule has 0 spiro atoms. The maximum Gasteiger partial charge on any atom is 0.225 e. The number of hydrogen-bond acceptors (Lipinski definition) is 4. The number of hydrogen-bond donors (Lipinski definition) is 1. The van der Waals surface area contributed by atoms with Crippen LogP contribution in [0.1, 0.15) is 26.7 Å². The molecular weight excluding hydrogens is 306 g/mol. The molecule has 0 fully saturated rings. The van der Waals surface area contributed by atoms with E-state index in [2.05, 4.69) is 5.32 Å². The van der Waals surface area contributed by atoms with Gasteiger partial charge in [0.2, 0.25) is 5.91 Å². The predicted octanol–water partition coefficient (Wildman–Crippen LogP) is 2.97. The average Bonchev–Trinajstić information content (AvgIpc) is 2.48. The number of anilines is 1. The minimum absolute atomic E-state index is 0.0701. The zero-order valence-corrected chi connectivity index (χ0v) is 13.7. The summed E-state index contributed by atoms with van der Waals surface area (Å²) >= 11 is 0. The fourth-order valence-corrected chi connectivity index (χ4v) is 2.36. The Kier molecular flexibility index (Phi) is 5.58. The standard InChI is InChI=1S/C19H21NO4/c1-19(2,13-18(22)23)12-17(21)20-15-10-6-7-11-16(15)24-14-8-4-3-5-9-14/h3-11H,12-13H2,1-2H3,(H,20,21)(H,22,23)/p-1. The van der Waals surface area contributed by atoms with E-state index in [1.807, 2.05) is 36.4 Å². The molecule has 0 radical (unpaired) electrons. The monoisotopic (exact) mass is 326 g/mol. The van der Waals surface area contributed by atoms with Crippen molar-refractivity contribution in [2.75, 3.05) is 5.32 Å². The molecule has 0 aliphatic heterocycles. The Balaban J connectivity index is 2.07. The molecule has 0 aliphatic rings. The molecule has 2 rings (SSSR count). The third-order valence-electron chi connectivity index (χ3n) is 3.39. The molecule has 5 heteroatoms. The van der Waals surface area contributed by atoms with Gasteiger partial charge in [0.25, 0.3) is 0 Å². The summed E-state index contributed by atoms with van der Waals surface area (Å²) in [6.45, 7) is 3.43. The van der Waals surface area contributed by atoms with Gasteiger partial charge in [0.05, 0.1) is 5.69 Å². The smallest absolute Gasteiger partial charge is 0.225 e. The summed E-state index contributed by atoms with van der Waals surface area (Å²) in [7, 11) is 0. The summed E-state index contributed by atoms with van der Waals surface area (Å²) in [5, 5.41) is 13.5. The van der Waals surface area contributed by atoms with Crippen LogP contribution in [0.3, 0.4) is 0 Å². The van der Waals surface area contributed by atoms with Crippen molar-refractivity contribution in [3.05, 3.63) is 54.6 Å². The Morgan fingerprint density at radius 3 is 2.29 bits per heavy atom. The highest BCUT2D eigenvalue weighted by Gasteiger charge is 2.23. The third-order valence-corrected chi connectivity index (χ3v) is 3.39. The summed E-state index contributed by atoms with van der Waals surface area (Å²) in [6, 6.07) is 16.4. The van der Waals surface area contributed by atoms with E-state index in [0.29, 0.717) is 17.2 Å². The Morgan fingerprint density at radius 2 is 1.62 bits per heavy atom. The van der Waals surface area contributed by atoms with Crippen LogP contribution < -0.4 is 15.2 Å². The van der Waals surface area contributed by atoms with Gasteiger partial charge in [0.1, 0.15) is 5.75 Å². The zero-order chi connectivity index (χ0) is 17.6. The quantitative estimate of drug-likeness (QED) is 0.848. The maximum atomic E-state index is 12.2. The third kappa shape index (κ3) is 5.43. The van der Waals surface area contributed by atoms with Gasteiger partial charge in [-0.1, -0.05) is 44.2 Å². The number of rotatable bonds is 7. The van der Waals surface area contributed by atoms with Gasteiger partial charge < -0.3 is 20.0 Å². The van der Waals surface area contributed by atoms with Crippen molar-refractivity contribution < 1.29 is 19.4 Å². The largest absolute Gasteiger partial charge is 0.550 e. The number of carbonyl (C=O) groups is 2. The van der Waals surface area contributed by atoms with Crippen LogP contribution in [0.15, 0.2) is 54.6 Å². The number of benzene rings is 2. The van der Waals surface area contributed by atoms with E-state index in [9.17, 15) is 14.7 Å². The lowest BCUT2D eigenvalue weighted by molar-refractivity contribution is -0.307. The number of aliphatic carboxylic acids is 1. The van der Waals surface area contributed by atoms with Crippen molar-refractivity contribution >= 4 is 17.6 Å². The van der Waals surface area contributed by atoms with E-state index >= 15 is 0 Å². The van der Waals surface area contributed by atoms with Crippen molar-refractivity contribution in [3.8, 4) is 11.5 Å². The van der Waals surface area contributed by atoms with Crippen molar-refractivity contribution in [1.29, 1.82) is 0 Å². The van der Waals surface area contributed by atoms with Gasteiger partial charge in [-0.3, -0.25) is 4.79 Å². The van der Waals surface area contributed by atoms with Crippen molar-refractivity contribution in [2.45, 2.75) is 26.7 Å². The molecule has 0 atom stereocenters. The van der Waals surface area contributed by atoms with E-state index in [1.165, 1.54) is 0 Å². The summed E-state index contributed by atoms with van der Waals surface area (Å²) in [6.07, 6.45) is -0.108. The molecule has 5 nitrogen and oxygen atoms in total. The highest BCUT2D eigenvalue weighted by molar-refractivity contribution is 5.93. The molecule has 24 heavy (non-hydrogen) atoms. The van der Waals surface area contributed by atoms with E-state index in [0.717, 1.165) is 0 Å². The van der Waals surface area contributed by atoms with Gasteiger partial charge in [-0.05, 0) is 36.1 Å². The van der Waals surface area contributed by atoms with E-state index < -0.39 is 11.4 Å². The lowest BCUT2D eigenvalue weighted by Gasteiger charge is -2.24. The van der Waals surface area contributed by atoms with Gasteiger partial charge in [-0.25, -0.2) is 0 Å². The molecule has 0 aliphatic carbocycles. The molecule has 0 heterocycles. The number of para-hydroxylation sites is 3. The molecule has 2 aromatic carbocycles. The molecule has 126 valence electrons. The first-order chi connectivity index (χ1) is 11.4. The number of carbonyl (C=O) groups excluding carboxylic acids is 2. The van der Waals surface area contributed by atoms with Gasteiger partial charge in [0, 0.05) is 12.4 Å². The number of ether oxygens (including phenoxy) is 1. The highest BCUT2D eigenvalue weighted by atomic mass is 16.5. The number of carboxylic acid groups (broad SMARTS) is 1. The van der Waals surface area contributed by atoms with Crippen LogP contribution in [0.5, 0.6) is 11.5 Å². The van der Waals surface area contributed by atoms with Crippen LogP contribution in [0.2, 0.25) is 0 Å². The van der Waals surface area contributed by atoms with Crippen LogP contribution in [-0.4, -0.2) is 11.9 Å². The Labute approximate surface area is 141 Å². The minimum Gasteiger partial charge on any atom is -0.550 e. The Hall–Kier alpha value is -2.82. The van der Waals surface area contributed by atoms with E-state index in [-0.39, 0.29) is 18.7 Å². The van der Waals surface area contributed by atoms with E-state index in [1.54, 1.807) is 32.0 Å². The van der Waals surface area contributed by atoms with Crippen LogP contribution in [0.4, 0.5) is 5.69 Å². The van der Waals surface area contributed by atoms with Gasteiger partial charge in [-0.15, -0.1) is 0 Å². The summed E-state index contributed by atoms with van der Waals surface area (Å²) in [4.78, 5) is 23.0. The highest BCUT2D eigenvalue weighted by Crippen LogP contribution is 2.30. The second-order valence-corrected chi connectivity index (χ2v) is 6.35. The molecule has 1 N–H and O–H groups in total. The van der Waals surface area contributed by atoms with Gasteiger partial charge in [0.15, 0.2) is 5.75 Å². The molecule has 0 aromatic heterocycles. The van der Waals surface area contributed by atoms with Gasteiger partial charge >= 0.3 is 0 Å². The zero-order valence-electron chi connectivity index (χ0n) is 13.7. The summed E-state index contributed by atoms with van der Waals surface area (Å²) in [5.74, 6) is -0.253. The summed E-state index contributed by atoms with van der Waals surface area (Å²) in [5.41, 5.74) is -0.145. The fourth-order valence-electron chi connectivity index (χ4n) is 2.36. The molecular formula is C19H20NO4-. The topological polar surface area (TPSA) is 78.5 Å². The van der Waals surface area contributed by atoms with E-state index in [4.69, 9.17) is 4.74 Å². The van der Waals surface area contributed by atoms with Crippen molar-refractivity contribution in [1.82, 2.24) is 0 Å². The first-order valence-electron chi connectivity index (χ1n) is 7.67. The predicted molar refractivity (Wildman–Crippen MR) is 89.6 cm³/mol. The fraction of sp³-hybridized carbons (Fsp3) is 0.263. The number of amides is 1. The van der Waals surface area contributed by atoms with Crippen molar-refractivity contribution in [3.63, 3.8) is 0 Å². The first-order valence-corrected chi connectivity index (χ1v) is 7.67. The van der Waals surface area contributed by atoms with Crippen molar-refractivity contribution in [2.24, 2.45) is 5.41 Å². The molecule has 0 unspecified atom stereocenters. The maximum absolute atomic E-state index is 12.2. The second kappa shape index (κ2) is 7.64. The van der Waals surface area contributed by atoms with Crippen LogP contribution in [-0.2, 0) is 9.59 Å². The minimum atomic E-state index is -1.17. The first kappa shape index (κ1) is 17.5. The summed E-state index contributed by atoms with van der Waals surface area (Å²) < 4.78 is 5.79. The Bertz CT molecular complexity index is 710.